The number of fused-ring (bicyclic) bond motifs is 1. The lowest BCUT2D eigenvalue weighted by atomic mass is 10.1. The number of hydrogen-bond acceptors (Lipinski definition) is 7. The monoisotopic (exact) mass is 472 g/mol. The summed E-state index contributed by atoms with van der Waals surface area (Å²) in [5, 5.41) is 7.52. The lowest BCUT2D eigenvalue weighted by Gasteiger charge is -2.15. The Labute approximate surface area is 186 Å². The molecule has 2 heterocycles. The normalized spacial score (nSPS) is 13.6. The molecule has 2 aromatic carbocycles. The molecular weight excluding hydrogens is 452 g/mol. The molecule has 32 heavy (non-hydrogen) atoms. The zero-order chi connectivity index (χ0) is 23.1. The molecule has 3 aromatic rings. The van der Waals surface area contributed by atoms with Gasteiger partial charge in [-0.05, 0) is 54.4 Å². The van der Waals surface area contributed by atoms with Crippen molar-refractivity contribution in [2.45, 2.75) is 23.3 Å². The van der Waals surface area contributed by atoms with Crippen molar-refractivity contribution >= 4 is 37.1 Å². The van der Waals surface area contributed by atoms with E-state index in [1.54, 1.807) is 41.3 Å². The lowest BCUT2D eigenvalue weighted by Crippen LogP contribution is -2.25. The van der Waals surface area contributed by atoms with Crippen molar-refractivity contribution < 1.29 is 21.6 Å². The van der Waals surface area contributed by atoms with Crippen LogP contribution in [0.2, 0.25) is 0 Å². The van der Waals surface area contributed by atoms with E-state index in [-0.39, 0.29) is 15.8 Å². The van der Waals surface area contributed by atoms with Gasteiger partial charge in [0.1, 0.15) is 0 Å². The van der Waals surface area contributed by atoms with Crippen molar-refractivity contribution in [2.24, 2.45) is 0 Å². The molecule has 0 bridgehead atoms. The van der Waals surface area contributed by atoms with Gasteiger partial charge >= 0.3 is 0 Å². The fraction of sp³-hybridized carbons (Fsp3) is 0.190. The summed E-state index contributed by atoms with van der Waals surface area (Å²) in [7, 11) is -7.26. The van der Waals surface area contributed by atoms with Gasteiger partial charge in [-0.3, -0.25) is 9.52 Å². The minimum Gasteiger partial charge on any atom is -0.312 e. The predicted octanol–water partition coefficient (Wildman–Crippen LogP) is 2.26. The Morgan fingerprint density at radius 3 is 2.28 bits per heavy atom. The van der Waals surface area contributed by atoms with Gasteiger partial charge in [-0.15, -0.1) is 10.2 Å². The van der Waals surface area contributed by atoms with E-state index in [2.05, 4.69) is 14.9 Å². The Bertz CT molecular complexity index is 1400. The SMILES string of the molecule is CC(=O)N1CCc2cc(S(=O)(=O)Nc3ccc(-c4ccc(S(C)(=O)=O)nn4)cc3)ccc21. The summed E-state index contributed by atoms with van der Waals surface area (Å²) in [6.07, 6.45) is 1.66. The van der Waals surface area contributed by atoms with E-state index in [0.717, 1.165) is 17.5 Å². The van der Waals surface area contributed by atoms with E-state index in [0.29, 0.717) is 29.9 Å². The third-order valence-electron chi connectivity index (χ3n) is 5.09. The number of sulfonamides is 1. The van der Waals surface area contributed by atoms with E-state index in [4.69, 9.17) is 0 Å². The van der Waals surface area contributed by atoms with Crippen LogP contribution < -0.4 is 9.62 Å². The molecule has 1 aliphatic rings. The summed E-state index contributed by atoms with van der Waals surface area (Å²) in [6.45, 7) is 2.02. The molecule has 0 atom stereocenters. The van der Waals surface area contributed by atoms with Gasteiger partial charge in [-0.25, -0.2) is 16.8 Å². The van der Waals surface area contributed by atoms with Crippen molar-refractivity contribution in [3.8, 4) is 11.3 Å². The smallest absolute Gasteiger partial charge is 0.261 e. The summed E-state index contributed by atoms with van der Waals surface area (Å²) in [5.74, 6) is -0.0757. The number of carbonyl (C=O) groups excluding carboxylic acids is 1. The first-order valence-electron chi connectivity index (χ1n) is 9.63. The highest BCUT2D eigenvalue weighted by Crippen LogP contribution is 2.31. The van der Waals surface area contributed by atoms with Crippen LogP contribution in [0, 0.1) is 0 Å². The highest BCUT2D eigenvalue weighted by atomic mass is 32.2. The number of carbonyl (C=O) groups is 1. The minimum atomic E-state index is -3.82. The first-order chi connectivity index (χ1) is 15.0. The zero-order valence-electron chi connectivity index (χ0n) is 17.3. The second-order valence-electron chi connectivity index (χ2n) is 7.42. The number of aromatic nitrogens is 2. The van der Waals surface area contributed by atoms with Crippen LogP contribution in [0.1, 0.15) is 12.5 Å². The Balaban J connectivity index is 1.53. The molecule has 0 fully saturated rings. The van der Waals surface area contributed by atoms with Crippen LogP contribution in [0.5, 0.6) is 0 Å². The van der Waals surface area contributed by atoms with E-state index >= 15 is 0 Å². The molecule has 166 valence electrons. The predicted molar refractivity (Wildman–Crippen MR) is 120 cm³/mol. The van der Waals surface area contributed by atoms with Gasteiger partial charge in [0.2, 0.25) is 5.91 Å². The Hall–Kier alpha value is -3.31. The molecule has 1 aromatic heterocycles. The van der Waals surface area contributed by atoms with Crippen LogP contribution in [-0.4, -0.2) is 45.7 Å². The standard InChI is InChI=1S/C21H20N4O5S2/c1-14(26)25-12-11-16-13-18(7-9-20(16)25)32(29,30)24-17-5-3-15(4-6-17)19-8-10-21(23-22-19)31(2,27)28/h3-10,13,24H,11-12H2,1-2H3. The molecule has 4 rings (SSSR count). The van der Waals surface area contributed by atoms with Gasteiger partial charge in [-0.1, -0.05) is 12.1 Å². The number of nitrogens with zero attached hydrogens (tertiary/aromatic N) is 3. The number of rotatable bonds is 5. The second-order valence-corrected chi connectivity index (χ2v) is 11.1. The molecule has 9 nitrogen and oxygen atoms in total. The first kappa shape index (κ1) is 21.9. The summed E-state index contributed by atoms with van der Waals surface area (Å²) in [6, 6.07) is 14.1. The highest BCUT2D eigenvalue weighted by Gasteiger charge is 2.25. The van der Waals surface area contributed by atoms with Gasteiger partial charge in [0.25, 0.3) is 10.0 Å². The molecule has 1 amide bonds. The Morgan fingerprint density at radius 2 is 1.69 bits per heavy atom. The minimum absolute atomic E-state index is 0.0757. The van der Waals surface area contributed by atoms with Gasteiger partial charge in [0.05, 0.1) is 10.6 Å². The quantitative estimate of drug-likeness (QED) is 0.603. The van der Waals surface area contributed by atoms with Crippen LogP contribution in [-0.2, 0) is 31.1 Å². The third-order valence-corrected chi connectivity index (χ3v) is 7.45. The molecule has 0 spiro atoms. The average molecular weight is 473 g/mol. The molecular formula is C21H20N4O5S2. The fourth-order valence-electron chi connectivity index (χ4n) is 3.47. The molecule has 0 aliphatic carbocycles. The molecule has 1 aliphatic heterocycles. The third kappa shape index (κ3) is 4.34. The number of amides is 1. The van der Waals surface area contributed by atoms with Crippen molar-refractivity contribution in [3.63, 3.8) is 0 Å². The lowest BCUT2D eigenvalue weighted by molar-refractivity contribution is -0.116. The zero-order valence-corrected chi connectivity index (χ0v) is 18.9. The van der Waals surface area contributed by atoms with Crippen molar-refractivity contribution in [2.75, 3.05) is 22.4 Å². The number of benzene rings is 2. The number of nitrogens with one attached hydrogen (secondary N) is 1. The highest BCUT2D eigenvalue weighted by molar-refractivity contribution is 7.92. The second kappa shape index (κ2) is 7.99. The summed E-state index contributed by atoms with van der Waals surface area (Å²) < 4.78 is 51.2. The molecule has 0 unspecified atom stereocenters. The van der Waals surface area contributed by atoms with Crippen molar-refractivity contribution in [3.05, 3.63) is 60.2 Å². The fourth-order valence-corrected chi connectivity index (χ4v) is 5.08. The van der Waals surface area contributed by atoms with E-state index < -0.39 is 19.9 Å². The maximum atomic E-state index is 12.8. The van der Waals surface area contributed by atoms with Crippen molar-refractivity contribution in [1.82, 2.24) is 10.2 Å². The number of sulfone groups is 1. The number of anilines is 2. The maximum absolute atomic E-state index is 12.8. The van der Waals surface area contributed by atoms with Gasteiger partial charge in [-0.2, -0.15) is 0 Å². The Kier molecular flexibility index (Phi) is 5.47. The molecule has 0 saturated carbocycles. The molecule has 0 saturated heterocycles. The van der Waals surface area contributed by atoms with Crippen LogP contribution in [0.15, 0.2) is 64.5 Å². The van der Waals surface area contributed by atoms with Crippen LogP contribution in [0.25, 0.3) is 11.3 Å². The molecule has 0 radical (unpaired) electrons. The molecule has 11 heteroatoms. The van der Waals surface area contributed by atoms with E-state index in [9.17, 15) is 21.6 Å². The van der Waals surface area contributed by atoms with Gasteiger partial charge in [0, 0.05) is 36.7 Å². The van der Waals surface area contributed by atoms with Crippen LogP contribution in [0.3, 0.4) is 0 Å². The van der Waals surface area contributed by atoms with Crippen LogP contribution >= 0.6 is 0 Å². The summed E-state index contributed by atoms with van der Waals surface area (Å²) in [5.41, 5.74) is 3.03. The largest absolute Gasteiger partial charge is 0.312 e. The van der Waals surface area contributed by atoms with Crippen LogP contribution in [0.4, 0.5) is 11.4 Å². The Morgan fingerprint density at radius 1 is 0.969 bits per heavy atom. The topological polar surface area (TPSA) is 126 Å². The van der Waals surface area contributed by atoms with Gasteiger partial charge < -0.3 is 4.90 Å². The first-order valence-corrected chi connectivity index (χ1v) is 13.0. The van der Waals surface area contributed by atoms with E-state index in [1.165, 1.54) is 25.1 Å². The summed E-state index contributed by atoms with van der Waals surface area (Å²) in [4.78, 5) is 13.4. The number of hydrogen-bond donors (Lipinski definition) is 1. The maximum Gasteiger partial charge on any atom is 0.261 e. The molecule has 1 N–H and O–H groups in total. The van der Waals surface area contributed by atoms with E-state index in [1.807, 2.05) is 0 Å². The van der Waals surface area contributed by atoms with Gasteiger partial charge in [0.15, 0.2) is 14.9 Å². The summed E-state index contributed by atoms with van der Waals surface area (Å²) >= 11 is 0. The average Bonchev–Trinajstić information content (AvgIpc) is 3.17. The van der Waals surface area contributed by atoms with Crippen molar-refractivity contribution in [1.29, 1.82) is 0 Å².